The molecule has 1 aromatic carbocycles. The van der Waals surface area contributed by atoms with Gasteiger partial charge in [0.25, 0.3) is 0 Å². The molecule has 0 aliphatic carbocycles. The summed E-state index contributed by atoms with van der Waals surface area (Å²) in [6, 6.07) is 6.00. The molecule has 3 nitrogen and oxygen atoms in total. The van der Waals surface area contributed by atoms with E-state index in [1.54, 1.807) is 6.92 Å². The quantitative estimate of drug-likeness (QED) is 0.431. The lowest BCUT2D eigenvalue weighted by Gasteiger charge is -2.10. The number of carbonyl (C=O) groups excluding carboxylic acids is 1. The summed E-state index contributed by atoms with van der Waals surface area (Å²) in [5.41, 5.74) is 2.84. The number of rotatable bonds is 7. The van der Waals surface area contributed by atoms with Crippen molar-refractivity contribution in [3.05, 3.63) is 47.6 Å². The van der Waals surface area contributed by atoms with Gasteiger partial charge in [0.2, 0.25) is 0 Å². The fourth-order valence-corrected chi connectivity index (χ4v) is 1.74. The van der Waals surface area contributed by atoms with Crippen molar-refractivity contribution in [3.8, 4) is 5.75 Å². The maximum Gasteiger partial charge on any atom is 0.333 e. The third kappa shape index (κ3) is 4.92. The Hall–Kier alpha value is -2.03. The normalized spacial score (nSPS) is 10.6. The summed E-state index contributed by atoms with van der Waals surface area (Å²) in [7, 11) is 0. The molecular weight excluding hydrogens is 252 g/mol. The van der Waals surface area contributed by atoms with E-state index in [1.165, 1.54) is 5.56 Å². The maximum absolute atomic E-state index is 11.2. The average Bonchev–Trinajstić information content (AvgIpc) is 2.44. The molecule has 0 aromatic heterocycles. The van der Waals surface area contributed by atoms with Crippen molar-refractivity contribution in [3.63, 3.8) is 0 Å². The highest BCUT2D eigenvalue weighted by molar-refractivity contribution is 5.86. The van der Waals surface area contributed by atoms with Crippen molar-refractivity contribution >= 4 is 12.0 Å². The highest BCUT2D eigenvalue weighted by atomic mass is 16.6. The van der Waals surface area contributed by atoms with Crippen LogP contribution in [0.2, 0.25) is 0 Å². The summed E-state index contributed by atoms with van der Waals surface area (Å²) in [5.74, 6) is 0.395. The van der Waals surface area contributed by atoms with Gasteiger partial charge in [-0.05, 0) is 43.5 Å². The van der Waals surface area contributed by atoms with Crippen molar-refractivity contribution < 1.29 is 14.3 Å². The first-order valence-electron chi connectivity index (χ1n) is 6.79. The van der Waals surface area contributed by atoms with Crippen LogP contribution in [0.25, 0.3) is 6.08 Å². The van der Waals surface area contributed by atoms with Crippen LogP contribution in [0.15, 0.2) is 36.4 Å². The van der Waals surface area contributed by atoms with Crippen LogP contribution < -0.4 is 4.74 Å². The fourth-order valence-electron chi connectivity index (χ4n) is 1.74. The Morgan fingerprint density at radius 2 is 2.10 bits per heavy atom. The van der Waals surface area contributed by atoms with Gasteiger partial charge in [-0.3, -0.25) is 0 Å². The van der Waals surface area contributed by atoms with Gasteiger partial charge in [0.15, 0.2) is 0 Å². The van der Waals surface area contributed by atoms with Crippen LogP contribution in [0.5, 0.6) is 5.75 Å². The predicted octanol–water partition coefficient (Wildman–Crippen LogP) is 3.78. The summed E-state index contributed by atoms with van der Waals surface area (Å²) >= 11 is 0. The molecular formula is C17H22O3. The molecule has 0 heterocycles. The number of carbonyl (C=O) groups is 1. The summed E-state index contributed by atoms with van der Waals surface area (Å²) in [5, 5.41) is 0. The van der Waals surface area contributed by atoms with Gasteiger partial charge in [0.05, 0.1) is 0 Å². The molecule has 0 fully saturated rings. The summed E-state index contributed by atoms with van der Waals surface area (Å²) in [4.78, 5) is 11.2. The van der Waals surface area contributed by atoms with Crippen LogP contribution in [-0.2, 0) is 16.0 Å². The first-order chi connectivity index (χ1) is 9.58. The van der Waals surface area contributed by atoms with Crippen LogP contribution in [-0.4, -0.2) is 19.2 Å². The third-order valence-electron chi connectivity index (χ3n) is 2.78. The second-order valence-corrected chi connectivity index (χ2v) is 4.48. The molecule has 108 valence electrons. The van der Waals surface area contributed by atoms with E-state index in [-0.39, 0.29) is 12.6 Å². The summed E-state index contributed by atoms with van der Waals surface area (Å²) < 4.78 is 10.6. The highest BCUT2D eigenvalue weighted by Gasteiger charge is 2.04. The molecule has 0 aliphatic heterocycles. The standard InChI is InChI=1S/C17H22O3/c1-5-7-15-12-16(9-8-14(15)6-2)19-10-11-20-17(18)13(3)4/h5,7-9,12H,3,6,10-11H2,1-2,4H3/b7-5-. The van der Waals surface area contributed by atoms with Crippen LogP contribution in [0.4, 0.5) is 0 Å². The van der Waals surface area contributed by atoms with Crippen molar-refractivity contribution in [1.29, 1.82) is 0 Å². The highest BCUT2D eigenvalue weighted by Crippen LogP contribution is 2.20. The van der Waals surface area contributed by atoms with Gasteiger partial charge >= 0.3 is 5.97 Å². The minimum Gasteiger partial charge on any atom is -0.490 e. The minimum atomic E-state index is -0.385. The number of allylic oxidation sites excluding steroid dienone is 1. The van der Waals surface area contributed by atoms with Gasteiger partial charge < -0.3 is 9.47 Å². The van der Waals surface area contributed by atoms with Gasteiger partial charge in [-0.25, -0.2) is 4.79 Å². The van der Waals surface area contributed by atoms with Crippen LogP contribution in [0, 0.1) is 0 Å². The summed E-state index contributed by atoms with van der Waals surface area (Å²) in [6.07, 6.45) is 5.05. The molecule has 0 unspecified atom stereocenters. The SMILES string of the molecule is C=C(C)C(=O)OCCOc1ccc(CC)c(/C=C\C)c1. The Bertz CT molecular complexity index is 501. The van der Waals surface area contributed by atoms with Crippen LogP contribution in [0.1, 0.15) is 31.9 Å². The van der Waals surface area contributed by atoms with Gasteiger partial charge in [0, 0.05) is 5.57 Å². The van der Waals surface area contributed by atoms with Gasteiger partial charge in [-0.2, -0.15) is 0 Å². The number of hydrogen-bond donors (Lipinski definition) is 0. The zero-order valence-electron chi connectivity index (χ0n) is 12.4. The maximum atomic E-state index is 11.2. The van der Waals surface area contributed by atoms with E-state index in [4.69, 9.17) is 9.47 Å². The number of aryl methyl sites for hydroxylation is 1. The molecule has 0 amide bonds. The lowest BCUT2D eigenvalue weighted by atomic mass is 10.0. The topological polar surface area (TPSA) is 35.5 Å². The van der Waals surface area contributed by atoms with Crippen molar-refractivity contribution in [2.45, 2.75) is 27.2 Å². The molecule has 1 rings (SSSR count). The molecule has 0 atom stereocenters. The van der Waals surface area contributed by atoms with E-state index in [0.717, 1.165) is 17.7 Å². The predicted molar refractivity (Wildman–Crippen MR) is 81.8 cm³/mol. The first-order valence-corrected chi connectivity index (χ1v) is 6.79. The molecule has 0 saturated carbocycles. The molecule has 1 aromatic rings. The van der Waals surface area contributed by atoms with Gasteiger partial charge in [0.1, 0.15) is 19.0 Å². The van der Waals surface area contributed by atoms with Crippen LogP contribution in [0.3, 0.4) is 0 Å². The number of hydrogen-bond acceptors (Lipinski definition) is 3. The van der Waals surface area contributed by atoms with Crippen LogP contribution >= 0.6 is 0 Å². The number of esters is 1. The fraction of sp³-hybridized carbons (Fsp3) is 0.353. The first kappa shape index (κ1) is 16.0. The van der Waals surface area contributed by atoms with E-state index in [1.807, 2.05) is 25.1 Å². The zero-order chi connectivity index (χ0) is 15.0. The molecule has 0 radical (unpaired) electrons. The second-order valence-electron chi connectivity index (χ2n) is 4.48. The molecule has 0 aliphatic rings. The third-order valence-corrected chi connectivity index (χ3v) is 2.78. The van der Waals surface area contributed by atoms with E-state index >= 15 is 0 Å². The van der Waals surface area contributed by atoms with Crippen molar-refractivity contribution in [2.24, 2.45) is 0 Å². The van der Waals surface area contributed by atoms with Crippen molar-refractivity contribution in [2.75, 3.05) is 13.2 Å². The Kier molecular flexibility index (Phi) is 6.57. The average molecular weight is 274 g/mol. The lowest BCUT2D eigenvalue weighted by molar-refractivity contribution is -0.139. The Balaban J connectivity index is 2.54. The second kappa shape index (κ2) is 8.20. The van der Waals surface area contributed by atoms with E-state index in [0.29, 0.717) is 12.2 Å². The van der Waals surface area contributed by atoms with E-state index in [2.05, 4.69) is 25.6 Å². The van der Waals surface area contributed by atoms with Gasteiger partial charge in [-0.15, -0.1) is 0 Å². The monoisotopic (exact) mass is 274 g/mol. The minimum absolute atomic E-state index is 0.222. The van der Waals surface area contributed by atoms with E-state index in [9.17, 15) is 4.79 Å². The zero-order valence-corrected chi connectivity index (χ0v) is 12.4. The largest absolute Gasteiger partial charge is 0.490 e. The molecule has 0 N–H and O–H groups in total. The van der Waals surface area contributed by atoms with E-state index < -0.39 is 0 Å². The smallest absolute Gasteiger partial charge is 0.333 e. The molecule has 0 bridgehead atoms. The Morgan fingerprint density at radius 3 is 2.70 bits per heavy atom. The molecule has 3 heteroatoms. The molecule has 0 spiro atoms. The lowest BCUT2D eigenvalue weighted by Crippen LogP contribution is -2.12. The van der Waals surface area contributed by atoms with Crippen molar-refractivity contribution in [1.82, 2.24) is 0 Å². The molecule has 20 heavy (non-hydrogen) atoms. The Labute approximate surface area is 120 Å². The molecule has 0 saturated heterocycles. The van der Waals surface area contributed by atoms with Gasteiger partial charge in [-0.1, -0.05) is 31.7 Å². The Morgan fingerprint density at radius 1 is 1.35 bits per heavy atom. The number of ether oxygens (including phenoxy) is 2. The number of benzene rings is 1. The summed E-state index contributed by atoms with van der Waals surface area (Å²) in [6.45, 7) is 9.81.